The van der Waals surface area contributed by atoms with Gasteiger partial charge < -0.3 is 5.11 Å². The molecule has 0 heterocycles. The molecule has 0 bridgehead atoms. The number of benzene rings is 1. The van der Waals surface area contributed by atoms with Gasteiger partial charge in [0.05, 0.1) is 11.3 Å². The first-order valence-corrected chi connectivity index (χ1v) is 7.80. The molecule has 0 saturated carbocycles. The van der Waals surface area contributed by atoms with Crippen molar-refractivity contribution in [2.45, 2.75) is 26.7 Å². The normalized spacial score (nSPS) is 11.6. The maximum Gasteiger partial charge on any atom is 0.337 e. The van der Waals surface area contributed by atoms with Gasteiger partial charge in [-0.25, -0.2) is 4.79 Å². The lowest BCUT2D eigenvalue weighted by Gasteiger charge is -2.19. The maximum atomic E-state index is 12.1. The summed E-state index contributed by atoms with van der Waals surface area (Å²) in [5, 5.41) is 9.12. The number of carboxylic acid groups (broad SMARTS) is 1. The zero-order chi connectivity index (χ0) is 15.3. The van der Waals surface area contributed by atoms with Gasteiger partial charge in [-0.15, -0.1) is 0 Å². The van der Waals surface area contributed by atoms with Crippen molar-refractivity contribution >= 4 is 21.9 Å². The monoisotopic (exact) mass is 300 g/mol. The molecule has 0 radical (unpaired) electrons. The summed E-state index contributed by atoms with van der Waals surface area (Å²) in [7, 11) is -2.27. The van der Waals surface area contributed by atoms with Crippen molar-refractivity contribution in [1.82, 2.24) is 4.31 Å². The number of nitrogens with one attached hydrogen (secondary N) is 1. The summed E-state index contributed by atoms with van der Waals surface area (Å²) in [5.74, 6) is -1.16. The van der Waals surface area contributed by atoms with Gasteiger partial charge in [-0.05, 0) is 25.5 Å². The summed E-state index contributed by atoms with van der Waals surface area (Å²) in [6, 6.07) is 4.56. The number of aryl methyl sites for hydroxylation is 1. The minimum atomic E-state index is -3.73. The van der Waals surface area contributed by atoms with Crippen LogP contribution in [0, 0.1) is 6.92 Å². The van der Waals surface area contributed by atoms with Crippen LogP contribution >= 0.6 is 0 Å². The van der Waals surface area contributed by atoms with Crippen molar-refractivity contribution in [3.8, 4) is 0 Å². The molecule has 0 saturated heterocycles. The van der Waals surface area contributed by atoms with E-state index >= 15 is 0 Å². The molecule has 0 spiro atoms. The SMILES string of the molecule is CCCCN(C)S(=O)(=O)Nc1ccc(C)cc1C(=O)O. The molecule has 0 aliphatic carbocycles. The van der Waals surface area contributed by atoms with E-state index in [1.54, 1.807) is 13.0 Å². The van der Waals surface area contributed by atoms with E-state index < -0.39 is 16.2 Å². The van der Waals surface area contributed by atoms with E-state index in [9.17, 15) is 13.2 Å². The minimum Gasteiger partial charge on any atom is -0.478 e. The number of carbonyl (C=O) groups is 1. The second-order valence-corrected chi connectivity index (χ2v) is 6.41. The summed E-state index contributed by atoms with van der Waals surface area (Å²) < 4.78 is 27.7. The molecule has 0 fully saturated rings. The second-order valence-electron chi connectivity index (χ2n) is 4.64. The molecular formula is C13H20N2O4S. The number of hydrogen-bond donors (Lipinski definition) is 2. The standard InChI is InChI=1S/C13H20N2O4S/c1-4-5-8-15(3)20(18,19)14-12-7-6-10(2)9-11(12)13(16)17/h6-7,9,14H,4-5,8H2,1-3H3,(H,16,17). The van der Waals surface area contributed by atoms with E-state index in [1.807, 2.05) is 6.92 Å². The van der Waals surface area contributed by atoms with E-state index in [2.05, 4.69) is 4.72 Å². The van der Waals surface area contributed by atoms with Crippen LogP contribution in [0.3, 0.4) is 0 Å². The van der Waals surface area contributed by atoms with Crippen LogP contribution in [0.5, 0.6) is 0 Å². The molecular weight excluding hydrogens is 280 g/mol. The third kappa shape index (κ3) is 4.21. The minimum absolute atomic E-state index is 0.0579. The molecule has 0 amide bonds. The highest BCUT2D eigenvalue weighted by atomic mass is 32.2. The summed E-state index contributed by atoms with van der Waals surface area (Å²) in [4.78, 5) is 11.2. The average Bonchev–Trinajstić information content (AvgIpc) is 2.37. The Kier molecular flexibility index (Phi) is 5.52. The Balaban J connectivity index is 3.00. The highest BCUT2D eigenvalue weighted by Crippen LogP contribution is 2.19. The Morgan fingerprint density at radius 2 is 2.05 bits per heavy atom. The van der Waals surface area contributed by atoms with Gasteiger partial charge in [0.2, 0.25) is 0 Å². The van der Waals surface area contributed by atoms with Crippen molar-refractivity contribution < 1.29 is 18.3 Å². The Morgan fingerprint density at radius 1 is 1.40 bits per heavy atom. The second kappa shape index (κ2) is 6.71. The average molecular weight is 300 g/mol. The van der Waals surface area contributed by atoms with Crippen LogP contribution in [0.1, 0.15) is 35.7 Å². The molecule has 0 aliphatic heterocycles. The Labute approximate surface area is 119 Å². The van der Waals surface area contributed by atoms with Crippen LogP contribution in [0.2, 0.25) is 0 Å². The maximum absolute atomic E-state index is 12.1. The molecule has 112 valence electrons. The first-order valence-electron chi connectivity index (χ1n) is 6.36. The fourth-order valence-corrected chi connectivity index (χ4v) is 2.62. The summed E-state index contributed by atoms with van der Waals surface area (Å²) >= 11 is 0. The Hall–Kier alpha value is -1.60. The van der Waals surface area contributed by atoms with Gasteiger partial charge in [0.25, 0.3) is 0 Å². The van der Waals surface area contributed by atoms with Crippen LogP contribution in [0.25, 0.3) is 0 Å². The van der Waals surface area contributed by atoms with Crippen LogP contribution < -0.4 is 4.72 Å². The number of rotatable bonds is 7. The van der Waals surface area contributed by atoms with E-state index in [-0.39, 0.29) is 11.3 Å². The molecule has 20 heavy (non-hydrogen) atoms. The van der Waals surface area contributed by atoms with Gasteiger partial charge >= 0.3 is 16.2 Å². The van der Waals surface area contributed by atoms with Gasteiger partial charge in [0.1, 0.15) is 0 Å². The van der Waals surface area contributed by atoms with Crippen molar-refractivity contribution in [2.24, 2.45) is 0 Å². The predicted octanol–water partition coefficient (Wildman–Crippen LogP) is 2.08. The smallest absolute Gasteiger partial charge is 0.337 e. The van der Waals surface area contributed by atoms with E-state index in [0.29, 0.717) is 6.54 Å². The number of anilines is 1. The Morgan fingerprint density at radius 3 is 2.60 bits per heavy atom. The van der Waals surface area contributed by atoms with Gasteiger partial charge in [-0.3, -0.25) is 4.72 Å². The topological polar surface area (TPSA) is 86.7 Å². The van der Waals surface area contributed by atoms with Crippen molar-refractivity contribution in [3.63, 3.8) is 0 Å². The third-order valence-electron chi connectivity index (χ3n) is 2.88. The fraction of sp³-hybridized carbons (Fsp3) is 0.462. The molecule has 0 atom stereocenters. The van der Waals surface area contributed by atoms with E-state index in [4.69, 9.17) is 5.11 Å². The van der Waals surface area contributed by atoms with Crippen LogP contribution in [0.15, 0.2) is 18.2 Å². The van der Waals surface area contributed by atoms with Gasteiger partial charge in [-0.2, -0.15) is 12.7 Å². The highest BCUT2D eigenvalue weighted by Gasteiger charge is 2.20. The van der Waals surface area contributed by atoms with E-state index in [1.165, 1.54) is 23.5 Å². The van der Waals surface area contributed by atoms with E-state index in [0.717, 1.165) is 18.4 Å². The first-order chi connectivity index (χ1) is 9.27. The fourth-order valence-electron chi connectivity index (χ4n) is 1.64. The molecule has 2 N–H and O–H groups in total. The molecule has 1 aromatic carbocycles. The van der Waals surface area contributed by atoms with Crippen molar-refractivity contribution in [3.05, 3.63) is 29.3 Å². The number of aromatic carboxylic acids is 1. The quantitative estimate of drug-likeness (QED) is 0.807. The molecule has 7 heteroatoms. The molecule has 0 aliphatic rings. The molecule has 0 aromatic heterocycles. The number of hydrogen-bond acceptors (Lipinski definition) is 3. The lowest BCUT2D eigenvalue weighted by atomic mass is 10.1. The zero-order valence-electron chi connectivity index (χ0n) is 11.9. The number of nitrogens with zero attached hydrogens (tertiary/aromatic N) is 1. The zero-order valence-corrected chi connectivity index (χ0v) is 12.7. The van der Waals surface area contributed by atoms with Crippen LogP contribution in [0.4, 0.5) is 5.69 Å². The highest BCUT2D eigenvalue weighted by molar-refractivity contribution is 7.90. The molecule has 1 rings (SSSR count). The Bertz CT molecular complexity index is 584. The van der Waals surface area contributed by atoms with Crippen molar-refractivity contribution in [1.29, 1.82) is 0 Å². The number of carboxylic acids is 1. The lowest BCUT2D eigenvalue weighted by molar-refractivity contribution is 0.0698. The van der Waals surface area contributed by atoms with Crippen molar-refractivity contribution in [2.75, 3.05) is 18.3 Å². The van der Waals surface area contributed by atoms with Gasteiger partial charge in [0, 0.05) is 13.6 Å². The molecule has 1 aromatic rings. The van der Waals surface area contributed by atoms with Crippen LogP contribution in [-0.4, -0.2) is 37.4 Å². The summed E-state index contributed by atoms with van der Waals surface area (Å²) in [5.41, 5.74) is 0.772. The van der Waals surface area contributed by atoms with Gasteiger partial charge in [0.15, 0.2) is 0 Å². The lowest BCUT2D eigenvalue weighted by Crippen LogP contribution is -2.33. The first kappa shape index (κ1) is 16.5. The molecule has 6 nitrogen and oxygen atoms in total. The summed E-state index contributed by atoms with van der Waals surface area (Å²) in [6.07, 6.45) is 1.63. The number of unbranched alkanes of at least 4 members (excludes halogenated alkanes) is 1. The third-order valence-corrected chi connectivity index (χ3v) is 4.36. The molecule has 0 unspecified atom stereocenters. The largest absolute Gasteiger partial charge is 0.478 e. The van der Waals surface area contributed by atoms with Crippen LogP contribution in [-0.2, 0) is 10.2 Å². The summed E-state index contributed by atoms with van der Waals surface area (Å²) in [6.45, 7) is 4.11. The predicted molar refractivity (Wildman–Crippen MR) is 78.2 cm³/mol. The van der Waals surface area contributed by atoms with Gasteiger partial charge in [-0.1, -0.05) is 25.0 Å².